The van der Waals surface area contributed by atoms with Crippen LogP contribution in [0.5, 0.6) is 0 Å². The van der Waals surface area contributed by atoms with E-state index in [4.69, 9.17) is 0 Å². The Hall–Kier alpha value is -1.64. The molecular formula is C11H11N3. The molecule has 1 atom stereocenters. The Bertz CT molecular complexity index is 473. The van der Waals surface area contributed by atoms with E-state index in [2.05, 4.69) is 34.5 Å². The molecule has 3 nitrogen and oxygen atoms in total. The highest BCUT2D eigenvalue weighted by atomic mass is 15.2. The Balaban J connectivity index is 2.03. The van der Waals surface area contributed by atoms with Crippen LogP contribution in [0.3, 0.4) is 0 Å². The summed E-state index contributed by atoms with van der Waals surface area (Å²) in [4.78, 5) is 0. The average molecular weight is 185 g/mol. The first kappa shape index (κ1) is 7.74. The van der Waals surface area contributed by atoms with Crippen LogP contribution in [0.4, 0.5) is 0 Å². The minimum absolute atomic E-state index is 0.457. The fourth-order valence-corrected chi connectivity index (χ4v) is 2.10. The highest BCUT2D eigenvalue weighted by Gasteiger charge is 2.29. The van der Waals surface area contributed by atoms with Crippen LogP contribution in [-0.4, -0.2) is 14.8 Å². The first-order chi connectivity index (χ1) is 6.86. The van der Waals surface area contributed by atoms with Crippen LogP contribution in [0.25, 0.3) is 0 Å². The maximum absolute atomic E-state index is 4.15. The fraction of sp³-hybridized carbons (Fsp3) is 0.273. The van der Waals surface area contributed by atoms with Crippen molar-refractivity contribution in [2.45, 2.75) is 12.3 Å². The first-order valence-electron chi connectivity index (χ1n) is 4.78. The van der Waals surface area contributed by atoms with Crippen LogP contribution in [0.1, 0.15) is 22.9 Å². The maximum atomic E-state index is 4.15. The molecule has 14 heavy (non-hydrogen) atoms. The SMILES string of the molecule is Cn1cnnc1C1Cc2ccccc21. The molecule has 0 amide bonds. The van der Waals surface area contributed by atoms with Crippen LogP contribution in [-0.2, 0) is 13.5 Å². The van der Waals surface area contributed by atoms with Crippen molar-refractivity contribution in [3.63, 3.8) is 0 Å². The van der Waals surface area contributed by atoms with E-state index < -0.39 is 0 Å². The second-order valence-corrected chi connectivity index (χ2v) is 3.76. The van der Waals surface area contributed by atoms with Crippen LogP contribution in [0.15, 0.2) is 30.6 Å². The van der Waals surface area contributed by atoms with E-state index in [0.717, 1.165) is 12.2 Å². The van der Waals surface area contributed by atoms with Gasteiger partial charge in [0.2, 0.25) is 0 Å². The molecular weight excluding hydrogens is 174 g/mol. The molecule has 3 heteroatoms. The smallest absolute Gasteiger partial charge is 0.140 e. The molecule has 0 spiro atoms. The zero-order valence-electron chi connectivity index (χ0n) is 8.01. The van der Waals surface area contributed by atoms with Gasteiger partial charge in [0.1, 0.15) is 12.2 Å². The molecule has 0 fully saturated rings. The van der Waals surface area contributed by atoms with Crippen molar-refractivity contribution in [2.75, 3.05) is 0 Å². The molecule has 1 aromatic heterocycles. The maximum Gasteiger partial charge on any atom is 0.140 e. The lowest BCUT2D eigenvalue weighted by Gasteiger charge is -2.28. The number of aromatic nitrogens is 3. The number of aryl methyl sites for hydroxylation is 1. The number of hydrogen-bond donors (Lipinski definition) is 0. The molecule has 0 saturated heterocycles. The highest BCUT2D eigenvalue weighted by Crippen LogP contribution is 2.38. The molecule has 0 bridgehead atoms. The van der Waals surface area contributed by atoms with Crippen LogP contribution >= 0.6 is 0 Å². The van der Waals surface area contributed by atoms with Crippen molar-refractivity contribution in [3.8, 4) is 0 Å². The molecule has 1 heterocycles. The van der Waals surface area contributed by atoms with E-state index in [9.17, 15) is 0 Å². The Morgan fingerprint density at radius 2 is 2.21 bits per heavy atom. The van der Waals surface area contributed by atoms with Crippen molar-refractivity contribution in [1.82, 2.24) is 14.8 Å². The second kappa shape index (κ2) is 2.67. The normalized spacial score (nSPS) is 18.8. The monoisotopic (exact) mass is 185 g/mol. The van der Waals surface area contributed by atoms with Crippen LogP contribution < -0.4 is 0 Å². The van der Waals surface area contributed by atoms with Crippen molar-refractivity contribution >= 4 is 0 Å². The van der Waals surface area contributed by atoms with Gasteiger partial charge in [-0.15, -0.1) is 10.2 Å². The van der Waals surface area contributed by atoms with Crippen molar-refractivity contribution < 1.29 is 0 Å². The van der Waals surface area contributed by atoms with E-state index in [1.54, 1.807) is 6.33 Å². The van der Waals surface area contributed by atoms with Gasteiger partial charge in [0.25, 0.3) is 0 Å². The van der Waals surface area contributed by atoms with Gasteiger partial charge in [-0.3, -0.25) is 0 Å². The van der Waals surface area contributed by atoms with Crippen LogP contribution in [0, 0.1) is 0 Å². The van der Waals surface area contributed by atoms with Crippen molar-refractivity contribution in [3.05, 3.63) is 47.5 Å². The zero-order chi connectivity index (χ0) is 9.54. The van der Waals surface area contributed by atoms with Gasteiger partial charge < -0.3 is 4.57 Å². The van der Waals surface area contributed by atoms with Gasteiger partial charge in [-0.25, -0.2) is 0 Å². The number of fused-ring (bicyclic) bond motifs is 1. The molecule has 1 unspecified atom stereocenters. The summed E-state index contributed by atoms with van der Waals surface area (Å²) in [6.45, 7) is 0. The standard InChI is InChI=1S/C11H11N3/c1-14-7-12-13-11(14)10-6-8-4-2-3-5-9(8)10/h2-5,7,10H,6H2,1H3. The van der Waals surface area contributed by atoms with E-state index in [1.165, 1.54) is 11.1 Å². The molecule has 70 valence electrons. The number of benzene rings is 1. The predicted molar refractivity (Wildman–Crippen MR) is 53.0 cm³/mol. The first-order valence-corrected chi connectivity index (χ1v) is 4.78. The van der Waals surface area contributed by atoms with Crippen LogP contribution in [0.2, 0.25) is 0 Å². The number of hydrogen-bond acceptors (Lipinski definition) is 2. The quantitative estimate of drug-likeness (QED) is 0.674. The van der Waals surface area contributed by atoms with Gasteiger partial charge in [-0.05, 0) is 17.5 Å². The Kier molecular flexibility index (Phi) is 1.48. The van der Waals surface area contributed by atoms with Gasteiger partial charge in [-0.1, -0.05) is 24.3 Å². The third-order valence-electron chi connectivity index (χ3n) is 2.91. The lowest BCUT2D eigenvalue weighted by atomic mass is 9.77. The molecule has 2 aromatic rings. The Morgan fingerprint density at radius 1 is 1.36 bits per heavy atom. The lowest BCUT2D eigenvalue weighted by Crippen LogP contribution is -2.21. The molecule has 1 aromatic carbocycles. The summed E-state index contributed by atoms with van der Waals surface area (Å²) in [7, 11) is 2.00. The van der Waals surface area contributed by atoms with Gasteiger partial charge in [0, 0.05) is 13.0 Å². The van der Waals surface area contributed by atoms with Gasteiger partial charge in [-0.2, -0.15) is 0 Å². The summed E-state index contributed by atoms with van der Waals surface area (Å²) in [6, 6.07) is 8.54. The second-order valence-electron chi connectivity index (χ2n) is 3.76. The Labute approximate surface area is 82.4 Å². The third kappa shape index (κ3) is 0.923. The lowest BCUT2D eigenvalue weighted by molar-refractivity contribution is 0.626. The Morgan fingerprint density at radius 3 is 2.93 bits per heavy atom. The summed E-state index contributed by atoms with van der Waals surface area (Å²) >= 11 is 0. The van der Waals surface area contributed by atoms with E-state index in [-0.39, 0.29) is 0 Å². The summed E-state index contributed by atoms with van der Waals surface area (Å²) in [5, 5.41) is 8.06. The minimum atomic E-state index is 0.457. The molecule has 3 rings (SSSR count). The minimum Gasteiger partial charge on any atom is -0.320 e. The van der Waals surface area contributed by atoms with Gasteiger partial charge in [0.05, 0.1) is 0 Å². The van der Waals surface area contributed by atoms with Crippen molar-refractivity contribution in [2.24, 2.45) is 7.05 Å². The topological polar surface area (TPSA) is 30.7 Å². The summed E-state index contributed by atoms with van der Waals surface area (Å²) in [6.07, 6.45) is 2.86. The molecule has 1 aliphatic rings. The van der Waals surface area contributed by atoms with Crippen molar-refractivity contribution in [1.29, 1.82) is 0 Å². The largest absolute Gasteiger partial charge is 0.320 e. The fourth-order valence-electron chi connectivity index (χ4n) is 2.10. The molecule has 1 aliphatic carbocycles. The molecule has 0 radical (unpaired) electrons. The average Bonchev–Trinajstić information content (AvgIpc) is 2.55. The molecule has 0 saturated carbocycles. The molecule has 0 aliphatic heterocycles. The third-order valence-corrected chi connectivity index (χ3v) is 2.91. The highest BCUT2D eigenvalue weighted by molar-refractivity contribution is 5.43. The van der Waals surface area contributed by atoms with E-state index in [0.29, 0.717) is 5.92 Å². The zero-order valence-corrected chi connectivity index (χ0v) is 8.01. The van der Waals surface area contributed by atoms with E-state index >= 15 is 0 Å². The van der Waals surface area contributed by atoms with Gasteiger partial charge >= 0.3 is 0 Å². The van der Waals surface area contributed by atoms with Gasteiger partial charge in [0.15, 0.2) is 0 Å². The van der Waals surface area contributed by atoms with E-state index in [1.807, 2.05) is 11.6 Å². The molecule has 0 N–H and O–H groups in total. The summed E-state index contributed by atoms with van der Waals surface area (Å²) in [5.41, 5.74) is 2.85. The number of rotatable bonds is 1. The number of nitrogens with zero attached hydrogens (tertiary/aromatic N) is 3. The summed E-state index contributed by atoms with van der Waals surface area (Å²) in [5.74, 6) is 1.53. The summed E-state index contributed by atoms with van der Waals surface area (Å²) < 4.78 is 2.00. The predicted octanol–water partition coefficient (Wildman–Crippen LogP) is 1.50.